The zero-order chi connectivity index (χ0) is 13.8. The van der Waals surface area contributed by atoms with Crippen LogP contribution in [0.2, 0.25) is 0 Å². The van der Waals surface area contributed by atoms with Gasteiger partial charge in [0.15, 0.2) is 0 Å². The molecule has 19 heavy (non-hydrogen) atoms. The van der Waals surface area contributed by atoms with Crippen molar-refractivity contribution in [2.75, 3.05) is 13.2 Å². The molecule has 0 aromatic rings. The van der Waals surface area contributed by atoms with Gasteiger partial charge in [-0.2, -0.15) is 0 Å². The maximum atomic E-state index is 8.96. The summed E-state index contributed by atoms with van der Waals surface area (Å²) < 4.78 is 0. The van der Waals surface area contributed by atoms with E-state index in [1.54, 1.807) is 0 Å². The molecule has 0 aromatic carbocycles. The summed E-state index contributed by atoms with van der Waals surface area (Å²) in [6.45, 7) is 3.19. The zero-order valence-corrected chi connectivity index (χ0v) is 12.4. The van der Waals surface area contributed by atoms with Crippen LogP contribution in [-0.4, -0.2) is 29.3 Å². The lowest BCUT2D eigenvalue weighted by Crippen LogP contribution is -2.36. The minimum Gasteiger partial charge on any atom is -0.395 e. The first-order valence-corrected chi connectivity index (χ1v) is 7.82. The van der Waals surface area contributed by atoms with Gasteiger partial charge in [0.05, 0.1) is 12.8 Å². The third kappa shape index (κ3) is 7.26. The molecule has 3 nitrogen and oxygen atoms in total. The van der Waals surface area contributed by atoms with Crippen LogP contribution in [0.4, 0.5) is 0 Å². The van der Waals surface area contributed by atoms with E-state index in [1.165, 1.54) is 44.9 Å². The molecular formula is C16H30N2O. The largest absolute Gasteiger partial charge is 0.395 e. The molecule has 0 radical (unpaired) electrons. The molecule has 1 rings (SSSR count). The van der Waals surface area contributed by atoms with E-state index in [4.69, 9.17) is 5.11 Å². The number of aliphatic hydroxyl groups excluding tert-OH is 1. The van der Waals surface area contributed by atoms with Crippen molar-refractivity contribution in [3.63, 3.8) is 0 Å². The predicted octanol–water partition coefficient (Wildman–Crippen LogP) is 3.38. The number of unbranched alkanes of at least 4 members (excludes halogenated alkanes) is 5. The van der Waals surface area contributed by atoms with Crippen molar-refractivity contribution in [3.05, 3.63) is 24.6 Å². The Balaban J connectivity index is 1.94. The highest BCUT2D eigenvalue weighted by atomic mass is 16.3. The molecule has 0 aliphatic carbocycles. The lowest BCUT2D eigenvalue weighted by Gasteiger charge is -2.24. The number of β-amino-alcohol motifs (C(OH)–C–C–N with tert-alkyl or cyclic N) is 1. The Morgan fingerprint density at radius 2 is 1.95 bits per heavy atom. The molecule has 0 spiro atoms. The lowest BCUT2D eigenvalue weighted by atomic mass is 10.1. The van der Waals surface area contributed by atoms with Crippen molar-refractivity contribution in [1.82, 2.24) is 10.2 Å². The van der Waals surface area contributed by atoms with Crippen LogP contribution in [0.1, 0.15) is 58.3 Å². The molecule has 1 unspecified atom stereocenters. The Kier molecular flexibility index (Phi) is 9.25. The molecule has 0 saturated heterocycles. The van der Waals surface area contributed by atoms with E-state index in [1.807, 2.05) is 12.4 Å². The molecule has 1 atom stereocenters. The van der Waals surface area contributed by atoms with Crippen molar-refractivity contribution in [1.29, 1.82) is 0 Å². The molecule has 2 N–H and O–H groups in total. The maximum absolute atomic E-state index is 8.96. The molecule has 110 valence electrons. The number of hydrogen-bond donors (Lipinski definition) is 2. The molecular weight excluding hydrogens is 236 g/mol. The summed E-state index contributed by atoms with van der Waals surface area (Å²) in [6.07, 6.45) is 19.2. The lowest BCUT2D eigenvalue weighted by molar-refractivity contribution is 0.194. The Bertz CT molecular complexity index is 263. The molecule has 0 saturated carbocycles. The van der Waals surface area contributed by atoms with Crippen LogP contribution in [0, 0.1) is 0 Å². The standard InChI is InChI=1S/C16H30N2O/c1-2-3-4-5-6-7-8-9-10-11-16-17-12-13-18(16)14-15-19/h5-6,12-13,16-17,19H,2-4,7-11,14-15H2,1H3/b6-5+. The second-order valence-electron chi connectivity index (χ2n) is 5.21. The van der Waals surface area contributed by atoms with Gasteiger partial charge < -0.3 is 15.3 Å². The summed E-state index contributed by atoms with van der Waals surface area (Å²) in [7, 11) is 0. The van der Waals surface area contributed by atoms with Gasteiger partial charge in [-0.3, -0.25) is 0 Å². The highest BCUT2D eigenvalue weighted by Gasteiger charge is 2.16. The van der Waals surface area contributed by atoms with Crippen LogP contribution in [-0.2, 0) is 0 Å². The average molecular weight is 266 g/mol. The Hall–Kier alpha value is -0.960. The topological polar surface area (TPSA) is 35.5 Å². The van der Waals surface area contributed by atoms with Gasteiger partial charge in [-0.25, -0.2) is 0 Å². The molecule has 0 bridgehead atoms. The van der Waals surface area contributed by atoms with Gasteiger partial charge in [0.25, 0.3) is 0 Å². The van der Waals surface area contributed by atoms with Crippen LogP contribution in [0.3, 0.4) is 0 Å². The Labute approximate surface area is 118 Å². The average Bonchev–Trinajstić information content (AvgIpc) is 2.85. The van der Waals surface area contributed by atoms with E-state index in [2.05, 4.69) is 29.3 Å². The van der Waals surface area contributed by atoms with Crippen LogP contribution in [0.5, 0.6) is 0 Å². The fourth-order valence-corrected chi connectivity index (χ4v) is 2.38. The maximum Gasteiger partial charge on any atom is 0.0982 e. The quantitative estimate of drug-likeness (QED) is 0.444. The zero-order valence-electron chi connectivity index (χ0n) is 12.4. The van der Waals surface area contributed by atoms with E-state index in [9.17, 15) is 0 Å². The second-order valence-corrected chi connectivity index (χ2v) is 5.21. The van der Waals surface area contributed by atoms with Crippen molar-refractivity contribution in [3.8, 4) is 0 Å². The second kappa shape index (κ2) is 10.9. The first kappa shape index (κ1) is 16.1. The number of rotatable bonds is 11. The third-order valence-corrected chi connectivity index (χ3v) is 3.55. The van der Waals surface area contributed by atoms with E-state index >= 15 is 0 Å². The van der Waals surface area contributed by atoms with E-state index in [0.717, 1.165) is 13.0 Å². The summed E-state index contributed by atoms with van der Waals surface area (Å²) in [5, 5.41) is 12.3. The first-order valence-electron chi connectivity index (χ1n) is 7.82. The normalized spacial score (nSPS) is 18.4. The summed E-state index contributed by atoms with van der Waals surface area (Å²) in [6, 6.07) is 0. The van der Waals surface area contributed by atoms with Crippen molar-refractivity contribution in [2.24, 2.45) is 0 Å². The molecule has 1 aliphatic rings. The number of hydrogen-bond acceptors (Lipinski definition) is 3. The van der Waals surface area contributed by atoms with Gasteiger partial charge in [0, 0.05) is 18.9 Å². The summed E-state index contributed by atoms with van der Waals surface area (Å²) >= 11 is 0. The number of nitrogens with zero attached hydrogens (tertiary/aromatic N) is 1. The van der Waals surface area contributed by atoms with E-state index < -0.39 is 0 Å². The fourth-order valence-electron chi connectivity index (χ4n) is 2.38. The van der Waals surface area contributed by atoms with Crippen LogP contribution in [0.25, 0.3) is 0 Å². The molecule has 1 aliphatic heterocycles. The van der Waals surface area contributed by atoms with Crippen molar-refractivity contribution in [2.45, 2.75) is 64.5 Å². The van der Waals surface area contributed by atoms with Gasteiger partial charge in [-0.05, 0) is 32.1 Å². The minimum atomic E-state index is 0.227. The summed E-state index contributed by atoms with van der Waals surface area (Å²) in [5.74, 6) is 0. The van der Waals surface area contributed by atoms with Crippen molar-refractivity contribution < 1.29 is 5.11 Å². The summed E-state index contributed by atoms with van der Waals surface area (Å²) in [4.78, 5) is 2.19. The van der Waals surface area contributed by atoms with Crippen LogP contribution >= 0.6 is 0 Å². The Morgan fingerprint density at radius 3 is 2.68 bits per heavy atom. The number of allylic oxidation sites excluding steroid dienone is 2. The van der Waals surface area contributed by atoms with E-state index in [0.29, 0.717) is 6.17 Å². The highest BCUT2D eigenvalue weighted by molar-refractivity contribution is 4.93. The molecule has 3 heteroatoms. The van der Waals surface area contributed by atoms with Gasteiger partial charge in [-0.15, -0.1) is 0 Å². The van der Waals surface area contributed by atoms with Crippen LogP contribution < -0.4 is 5.32 Å². The van der Waals surface area contributed by atoms with Gasteiger partial charge in [0.1, 0.15) is 0 Å². The number of nitrogens with one attached hydrogen (secondary N) is 1. The van der Waals surface area contributed by atoms with Crippen LogP contribution in [0.15, 0.2) is 24.6 Å². The Morgan fingerprint density at radius 1 is 1.16 bits per heavy atom. The minimum absolute atomic E-state index is 0.227. The first-order chi connectivity index (χ1) is 9.38. The van der Waals surface area contributed by atoms with Gasteiger partial charge in [-0.1, -0.05) is 38.3 Å². The number of aliphatic hydroxyl groups is 1. The monoisotopic (exact) mass is 266 g/mol. The fraction of sp³-hybridized carbons (Fsp3) is 0.750. The smallest absolute Gasteiger partial charge is 0.0982 e. The highest BCUT2D eigenvalue weighted by Crippen LogP contribution is 2.13. The van der Waals surface area contributed by atoms with E-state index in [-0.39, 0.29) is 6.61 Å². The third-order valence-electron chi connectivity index (χ3n) is 3.55. The molecule has 0 fully saturated rings. The molecule has 0 amide bonds. The van der Waals surface area contributed by atoms with Gasteiger partial charge >= 0.3 is 0 Å². The predicted molar refractivity (Wildman–Crippen MR) is 81.6 cm³/mol. The molecule has 0 aromatic heterocycles. The van der Waals surface area contributed by atoms with Crippen molar-refractivity contribution >= 4 is 0 Å². The molecule has 1 heterocycles. The summed E-state index contributed by atoms with van der Waals surface area (Å²) in [5.41, 5.74) is 0. The van der Waals surface area contributed by atoms with Gasteiger partial charge in [0.2, 0.25) is 0 Å². The SMILES string of the molecule is CCCC/C=C/CCCCCC1NC=CN1CCO.